The summed E-state index contributed by atoms with van der Waals surface area (Å²) in [4.78, 5) is 15.7. The molecule has 1 aliphatic heterocycles. The summed E-state index contributed by atoms with van der Waals surface area (Å²) >= 11 is 1.44. The summed E-state index contributed by atoms with van der Waals surface area (Å²) in [6.45, 7) is 4.17. The number of hydrogen-bond donors (Lipinski definition) is 3. The van der Waals surface area contributed by atoms with E-state index in [4.69, 9.17) is 0 Å². The van der Waals surface area contributed by atoms with Crippen LogP contribution in [0.3, 0.4) is 0 Å². The van der Waals surface area contributed by atoms with Crippen molar-refractivity contribution in [3.63, 3.8) is 0 Å². The second kappa shape index (κ2) is 15.6. The standard InChI is InChI=1S/C30H35F3N4O6S3/c31-30(32,33)45(40,41)28-21-26(46(42,43)35-29(39)23-7-3-1-4-8-23)11-12-27(28)34-24(22-44-25-9-5-2-6-10-25)13-14-36-15-17-37(18-16-36)19-20-38/h1-12,21,24,34,38H,13-20,22H2,(H,35,39). The molecule has 16 heteroatoms. The van der Waals surface area contributed by atoms with Gasteiger partial charge in [0.2, 0.25) is 0 Å². The Morgan fingerprint density at radius 1 is 0.870 bits per heavy atom. The zero-order valence-corrected chi connectivity index (χ0v) is 27.1. The number of thioether (sulfide) groups is 1. The highest BCUT2D eigenvalue weighted by Gasteiger charge is 2.48. The maximum atomic E-state index is 13.9. The van der Waals surface area contributed by atoms with E-state index in [0.29, 0.717) is 31.3 Å². The fraction of sp³-hybridized carbons (Fsp3) is 0.367. The number of amides is 1. The number of halogens is 3. The third kappa shape index (κ3) is 9.45. The number of piperazine rings is 1. The molecule has 0 bridgehead atoms. The van der Waals surface area contributed by atoms with E-state index in [2.05, 4.69) is 15.1 Å². The molecule has 3 N–H and O–H groups in total. The first kappa shape index (κ1) is 35.7. The molecular weight excluding hydrogens is 666 g/mol. The van der Waals surface area contributed by atoms with Crippen LogP contribution in [0.4, 0.5) is 18.9 Å². The number of carbonyl (C=O) groups is 1. The molecule has 0 saturated carbocycles. The van der Waals surface area contributed by atoms with Gasteiger partial charge < -0.3 is 15.3 Å². The van der Waals surface area contributed by atoms with Crippen LogP contribution in [0.5, 0.6) is 0 Å². The zero-order valence-electron chi connectivity index (χ0n) is 24.7. The van der Waals surface area contributed by atoms with Gasteiger partial charge in [-0.15, -0.1) is 11.8 Å². The van der Waals surface area contributed by atoms with E-state index in [1.54, 1.807) is 10.8 Å². The largest absolute Gasteiger partial charge is 0.501 e. The quantitative estimate of drug-likeness (QED) is 0.214. The molecule has 0 aromatic heterocycles. The number of rotatable bonds is 14. The predicted molar refractivity (Wildman–Crippen MR) is 170 cm³/mol. The molecule has 1 heterocycles. The van der Waals surface area contributed by atoms with Crippen LogP contribution in [0.2, 0.25) is 0 Å². The molecular formula is C30H35F3N4O6S3. The summed E-state index contributed by atoms with van der Waals surface area (Å²) in [6.07, 6.45) is 0.443. The molecule has 0 spiro atoms. The van der Waals surface area contributed by atoms with Gasteiger partial charge in [0.15, 0.2) is 0 Å². The molecule has 1 fully saturated rings. The average molecular weight is 701 g/mol. The number of aliphatic hydroxyl groups is 1. The van der Waals surface area contributed by atoms with Crippen molar-refractivity contribution in [2.24, 2.45) is 0 Å². The number of β-amino-alcohol motifs (C(OH)–C–C–N with tert-alkyl or cyclic N) is 1. The van der Waals surface area contributed by atoms with Gasteiger partial charge in [0.25, 0.3) is 25.8 Å². The summed E-state index contributed by atoms with van der Waals surface area (Å²) in [6, 6.07) is 18.5. The number of alkyl halides is 3. The Balaban J connectivity index is 1.61. The van der Waals surface area contributed by atoms with E-state index in [0.717, 1.165) is 43.2 Å². The third-order valence-corrected chi connectivity index (χ3v) is 11.4. The number of sulfonamides is 1. The van der Waals surface area contributed by atoms with Crippen LogP contribution in [0.25, 0.3) is 0 Å². The lowest BCUT2D eigenvalue weighted by molar-refractivity contribution is -0.0435. The van der Waals surface area contributed by atoms with Crippen LogP contribution in [0, 0.1) is 0 Å². The van der Waals surface area contributed by atoms with Crippen molar-refractivity contribution in [3.8, 4) is 0 Å². The van der Waals surface area contributed by atoms with E-state index in [1.165, 1.54) is 36.0 Å². The van der Waals surface area contributed by atoms with Crippen LogP contribution in [-0.2, 0) is 19.9 Å². The van der Waals surface area contributed by atoms with Gasteiger partial charge in [0.05, 0.1) is 17.2 Å². The maximum Gasteiger partial charge on any atom is 0.501 e. The Hall–Kier alpha value is -3.15. The molecule has 0 radical (unpaired) electrons. The number of nitrogens with zero attached hydrogens (tertiary/aromatic N) is 2. The Kier molecular flexibility index (Phi) is 12.1. The second-order valence-corrected chi connectivity index (χ2v) is 15.3. The molecule has 46 heavy (non-hydrogen) atoms. The first-order valence-corrected chi connectivity index (χ1v) is 18.3. The van der Waals surface area contributed by atoms with Crippen molar-refractivity contribution in [2.45, 2.75) is 32.7 Å². The molecule has 1 aliphatic rings. The monoisotopic (exact) mass is 700 g/mol. The van der Waals surface area contributed by atoms with Crippen LogP contribution in [-0.4, -0.2) is 101 Å². The van der Waals surface area contributed by atoms with E-state index in [9.17, 15) is 39.9 Å². The lowest BCUT2D eigenvalue weighted by atomic mass is 10.2. The highest BCUT2D eigenvalue weighted by atomic mass is 32.2. The van der Waals surface area contributed by atoms with Gasteiger partial charge in [0, 0.05) is 61.5 Å². The minimum absolute atomic E-state index is 0.0129. The second-order valence-electron chi connectivity index (χ2n) is 10.6. The molecule has 3 aromatic carbocycles. The van der Waals surface area contributed by atoms with Crippen molar-refractivity contribution >= 4 is 43.2 Å². The molecule has 1 amide bonds. The number of carbonyl (C=O) groups excluding carboxylic acids is 1. The fourth-order valence-corrected chi connectivity index (χ4v) is 7.83. The zero-order chi connectivity index (χ0) is 33.4. The Labute approximate surface area is 271 Å². The van der Waals surface area contributed by atoms with Crippen molar-refractivity contribution in [2.75, 3.05) is 56.9 Å². The van der Waals surface area contributed by atoms with E-state index >= 15 is 0 Å². The Morgan fingerprint density at radius 3 is 2.04 bits per heavy atom. The van der Waals surface area contributed by atoms with Gasteiger partial charge in [-0.05, 0) is 48.9 Å². The van der Waals surface area contributed by atoms with Crippen molar-refractivity contribution in [1.29, 1.82) is 0 Å². The predicted octanol–water partition coefficient (Wildman–Crippen LogP) is 3.67. The van der Waals surface area contributed by atoms with Crippen molar-refractivity contribution < 1.29 is 39.9 Å². The van der Waals surface area contributed by atoms with Crippen LogP contribution in [0.15, 0.2) is 93.5 Å². The number of hydrogen-bond acceptors (Lipinski definition) is 10. The number of nitrogens with one attached hydrogen (secondary N) is 2. The van der Waals surface area contributed by atoms with Gasteiger partial charge in [-0.2, -0.15) is 13.2 Å². The maximum absolute atomic E-state index is 13.9. The number of sulfone groups is 1. The summed E-state index contributed by atoms with van der Waals surface area (Å²) in [5.41, 5.74) is -6.14. The highest BCUT2D eigenvalue weighted by Crippen LogP contribution is 2.36. The first-order valence-electron chi connectivity index (χ1n) is 14.4. The highest BCUT2D eigenvalue weighted by molar-refractivity contribution is 7.99. The minimum Gasteiger partial charge on any atom is -0.395 e. The lowest BCUT2D eigenvalue weighted by Crippen LogP contribution is -2.48. The molecule has 3 aromatic rings. The third-order valence-electron chi connectivity index (χ3n) is 7.35. The van der Waals surface area contributed by atoms with Gasteiger partial charge in [-0.25, -0.2) is 21.6 Å². The molecule has 1 atom stereocenters. The van der Waals surface area contributed by atoms with Crippen LogP contribution in [0.1, 0.15) is 16.8 Å². The summed E-state index contributed by atoms with van der Waals surface area (Å²) in [7, 11) is -10.8. The minimum atomic E-state index is -6.01. The normalized spacial score (nSPS) is 15.7. The molecule has 0 aliphatic carbocycles. The molecule has 10 nitrogen and oxygen atoms in total. The van der Waals surface area contributed by atoms with Crippen LogP contribution >= 0.6 is 11.8 Å². The smallest absolute Gasteiger partial charge is 0.395 e. The Morgan fingerprint density at radius 2 is 1.46 bits per heavy atom. The molecule has 4 rings (SSSR count). The number of benzene rings is 3. The SMILES string of the molecule is O=C(NS(=O)(=O)c1ccc(NC(CCN2CCN(CCO)CC2)CSc2ccccc2)c(S(=O)(=O)C(F)(F)F)c1)c1ccccc1. The summed E-state index contributed by atoms with van der Waals surface area (Å²) in [5, 5.41) is 12.2. The van der Waals surface area contributed by atoms with Crippen LogP contribution < -0.4 is 10.0 Å². The number of aliphatic hydroxyl groups excluding tert-OH is 1. The van der Waals surface area contributed by atoms with E-state index < -0.39 is 52.8 Å². The fourth-order valence-electron chi connectivity index (χ4n) is 4.81. The number of anilines is 1. The van der Waals surface area contributed by atoms with Gasteiger partial charge in [-0.1, -0.05) is 36.4 Å². The first-order chi connectivity index (χ1) is 21.8. The summed E-state index contributed by atoms with van der Waals surface area (Å²) in [5.74, 6) is -0.661. The molecule has 1 saturated heterocycles. The van der Waals surface area contributed by atoms with E-state index in [-0.39, 0.29) is 12.2 Å². The summed E-state index contributed by atoms with van der Waals surface area (Å²) < 4.78 is 95.0. The topological polar surface area (TPSA) is 136 Å². The molecule has 250 valence electrons. The van der Waals surface area contributed by atoms with Gasteiger partial charge in [-0.3, -0.25) is 9.69 Å². The average Bonchev–Trinajstić information content (AvgIpc) is 3.03. The van der Waals surface area contributed by atoms with Crippen molar-refractivity contribution in [1.82, 2.24) is 14.5 Å². The van der Waals surface area contributed by atoms with E-state index in [1.807, 2.05) is 30.3 Å². The molecule has 1 unspecified atom stereocenters. The van der Waals surface area contributed by atoms with Gasteiger partial charge >= 0.3 is 5.51 Å². The lowest BCUT2D eigenvalue weighted by Gasteiger charge is -2.35. The van der Waals surface area contributed by atoms with Crippen molar-refractivity contribution in [3.05, 3.63) is 84.4 Å². The van der Waals surface area contributed by atoms with Gasteiger partial charge in [0.1, 0.15) is 4.90 Å². The Bertz CT molecular complexity index is 1670.